The minimum absolute atomic E-state index is 0.0374. The Kier molecular flexibility index (Phi) is 7.27. The standard InChI is InChI=1S/C23H26F3N3O3/c1-3-4-5-6-8-14(2)28-22(30)19-20(29-32-21(19)27)18-12-11-17(31-18)15-9-7-10-16(13-15)23(24,25)26/h7,9-14H,3-6,8,27H2,1-2H3,(H,28,30). The molecule has 1 aromatic carbocycles. The molecule has 1 unspecified atom stereocenters. The maximum Gasteiger partial charge on any atom is 0.416 e. The van der Waals surface area contributed by atoms with E-state index in [1.807, 2.05) is 6.92 Å². The number of nitrogen functional groups attached to an aromatic ring is 1. The zero-order chi connectivity index (χ0) is 23.3. The minimum atomic E-state index is -4.47. The van der Waals surface area contributed by atoms with Crippen LogP contribution in [0.1, 0.15) is 61.9 Å². The summed E-state index contributed by atoms with van der Waals surface area (Å²) in [7, 11) is 0. The van der Waals surface area contributed by atoms with Gasteiger partial charge in [0.25, 0.3) is 5.91 Å². The first-order valence-electron chi connectivity index (χ1n) is 10.5. The Morgan fingerprint density at radius 3 is 2.62 bits per heavy atom. The number of amides is 1. The molecular weight excluding hydrogens is 423 g/mol. The molecule has 2 aromatic heterocycles. The number of hydrogen-bond donors (Lipinski definition) is 2. The molecule has 0 saturated carbocycles. The number of anilines is 1. The number of aromatic nitrogens is 1. The number of alkyl halides is 3. The Morgan fingerprint density at radius 1 is 1.16 bits per heavy atom. The molecule has 3 aromatic rings. The van der Waals surface area contributed by atoms with E-state index in [0.717, 1.165) is 44.2 Å². The van der Waals surface area contributed by atoms with Crippen LogP contribution in [0, 0.1) is 0 Å². The second-order valence-electron chi connectivity index (χ2n) is 7.74. The first kappa shape index (κ1) is 23.4. The third kappa shape index (κ3) is 5.52. The summed E-state index contributed by atoms with van der Waals surface area (Å²) in [6, 6.07) is 7.73. The van der Waals surface area contributed by atoms with Crippen molar-refractivity contribution in [1.29, 1.82) is 0 Å². The molecule has 0 fully saturated rings. The molecule has 1 amide bonds. The third-order valence-electron chi connectivity index (χ3n) is 5.13. The quantitative estimate of drug-likeness (QED) is 0.374. The van der Waals surface area contributed by atoms with Crippen LogP contribution in [0.15, 0.2) is 45.3 Å². The lowest BCUT2D eigenvalue weighted by Gasteiger charge is -2.13. The summed E-state index contributed by atoms with van der Waals surface area (Å²) in [5.41, 5.74) is 5.41. The van der Waals surface area contributed by atoms with Crippen molar-refractivity contribution in [2.75, 3.05) is 5.73 Å². The largest absolute Gasteiger partial charge is 0.454 e. The highest BCUT2D eigenvalue weighted by molar-refractivity contribution is 6.03. The highest BCUT2D eigenvalue weighted by atomic mass is 19.4. The van der Waals surface area contributed by atoms with Crippen LogP contribution in [-0.2, 0) is 6.18 Å². The smallest absolute Gasteiger partial charge is 0.416 e. The average molecular weight is 449 g/mol. The molecule has 2 heterocycles. The predicted octanol–water partition coefficient (Wildman–Crippen LogP) is 6.29. The molecular formula is C23H26F3N3O3. The van der Waals surface area contributed by atoms with Crippen molar-refractivity contribution in [2.45, 2.75) is 58.2 Å². The van der Waals surface area contributed by atoms with Gasteiger partial charge in [0.1, 0.15) is 11.3 Å². The molecule has 3 rings (SSSR count). The Morgan fingerprint density at radius 2 is 1.91 bits per heavy atom. The van der Waals surface area contributed by atoms with Gasteiger partial charge in [-0.2, -0.15) is 13.2 Å². The molecule has 3 N–H and O–H groups in total. The van der Waals surface area contributed by atoms with E-state index in [-0.39, 0.29) is 40.3 Å². The van der Waals surface area contributed by atoms with Crippen LogP contribution >= 0.6 is 0 Å². The topological polar surface area (TPSA) is 94.3 Å². The van der Waals surface area contributed by atoms with E-state index in [1.54, 1.807) is 0 Å². The highest BCUT2D eigenvalue weighted by Gasteiger charge is 2.31. The van der Waals surface area contributed by atoms with E-state index in [4.69, 9.17) is 14.7 Å². The van der Waals surface area contributed by atoms with Crippen LogP contribution in [0.4, 0.5) is 19.1 Å². The lowest BCUT2D eigenvalue weighted by molar-refractivity contribution is -0.137. The second-order valence-corrected chi connectivity index (χ2v) is 7.74. The zero-order valence-corrected chi connectivity index (χ0v) is 18.0. The maximum atomic E-state index is 13.0. The Balaban J connectivity index is 1.78. The van der Waals surface area contributed by atoms with Gasteiger partial charge >= 0.3 is 6.18 Å². The summed E-state index contributed by atoms with van der Waals surface area (Å²) in [6.45, 7) is 4.04. The number of carbonyl (C=O) groups excluding carboxylic acids is 1. The maximum absolute atomic E-state index is 13.0. The number of hydrogen-bond acceptors (Lipinski definition) is 5. The first-order chi connectivity index (χ1) is 15.2. The Bertz CT molecular complexity index is 1060. The molecule has 0 aliphatic carbocycles. The van der Waals surface area contributed by atoms with Gasteiger partial charge < -0.3 is 20.0 Å². The van der Waals surface area contributed by atoms with Crippen molar-refractivity contribution in [3.8, 4) is 22.8 Å². The fraction of sp³-hybridized carbons (Fsp3) is 0.391. The molecule has 0 saturated heterocycles. The average Bonchev–Trinajstić information content (AvgIpc) is 3.37. The first-order valence-corrected chi connectivity index (χ1v) is 10.5. The lowest BCUT2D eigenvalue weighted by atomic mass is 10.1. The van der Waals surface area contributed by atoms with Crippen LogP contribution in [-0.4, -0.2) is 17.1 Å². The van der Waals surface area contributed by atoms with Crippen molar-refractivity contribution in [1.82, 2.24) is 10.5 Å². The van der Waals surface area contributed by atoms with Crippen LogP contribution in [0.5, 0.6) is 0 Å². The lowest BCUT2D eigenvalue weighted by Crippen LogP contribution is -2.33. The van der Waals surface area contributed by atoms with Gasteiger partial charge in [-0.25, -0.2) is 0 Å². The van der Waals surface area contributed by atoms with Crippen LogP contribution < -0.4 is 11.1 Å². The van der Waals surface area contributed by atoms with E-state index < -0.39 is 17.6 Å². The van der Waals surface area contributed by atoms with Crippen LogP contribution in [0.25, 0.3) is 22.8 Å². The predicted molar refractivity (Wildman–Crippen MR) is 115 cm³/mol. The SMILES string of the molecule is CCCCCCC(C)NC(=O)c1c(-c2ccc(-c3cccc(C(F)(F)F)c3)o2)noc1N. The Labute approximate surface area is 184 Å². The summed E-state index contributed by atoms with van der Waals surface area (Å²) >= 11 is 0. The number of halogens is 3. The fourth-order valence-electron chi connectivity index (χ4n) is 3.40. The summed E-state index contributed by atoms with van der Waals surface area (Å²) in [6.07, 6.45) is 0.738. The third-order valence-corrected chi connectivity index (χ3v) is 5.13. The molecule has 0 spiro atoms. The van der Waals surface area contributed by atoms with Gasteiger partial charge in [-0.05, 0) is 37.6 Å². The van der Waals surface area contributed by atoms with E-state index >= 15 is 0 Å². The van der Waals surface area contributed by atoms with Crippen molar-refractivity contribution >= 4 is 11.8 Å². The van der Waals surface area contributed by atoms with E-state index in [2.05, 4.69) is 17.4 Å². The van der Waals surface area contributed by atoms with E-state index in [0.29, 0.717) is 0 Å². The van der Waals surface area contributed by atoms with Crippen LogP contribution in [0.3, 0.4) is 0 Å². The van der Waals surface area contributed by atoms with Gasteiger partial charge in [0.05, 0.1) is 5.56 Å². The van der Waals surface area contributed by atoms with Gasteiger partial charge in [0.2, 0.25) is 5.88 Å². The Hall–Kier alpha value is -3.23. The minimum Gasteiger partial charge on any atom is -0.454 e. The summed E-state index contributed by atoms with van der Waals surface area (Å²) in [5, 5.41) is 6.72. The number of rotatable bonds is 9. The van der Waals surface area contributed by atoms with Gasteiger partial charge in [-0.15, -0.1) is 0 Å². The molecule has 0 radical (unpaired) electrons. The van der Waals surface area contributed by atoms with Crippen molar-refractivity contribution in [3.05, 3.63) is 47.5 Å². The number of furan rings is 1. The summed E-state index contributed by atoms with van der Waals surface area (Å²) in [4.78, 5) is 12.8. The number of nitrogens with two attached hydrogens (primary N) is 1. The fourth-order valence-corrected chi connectivity index (χ4v) is 3.40. The molecule has 172 valence electrons. The molecule has 0 aliphatic heterocycles. The molecule has 0 bridgehead atoms. The number of unbranched alkanes of at least 4 members (excludes halogenated alkanes) is 3. The molecule has 6 nitrogen and oxygen atoms in total. The second kappa shape index (κ2) is 9.93. The molecule has 9 heteroatoms. The number of carbonyl (C=O) groups is 1. The number of nitrogens with zero attached hydrogens (tertiary/aromatic N) is 1. The van der Waals surface area contributed by atoms with E-state index in [1.165, 1.54) is 24.3 Å². The normalized spacial score (nSPS) is 12.7. The molecule has 0 aliphatic rings. The van der Waals surface area contributed by atoms with Crippen molar-refractivity contribution < 1.29 is 26.9 Å². The van der Waals surface area contributed by atoms with Gasteiger partial charge in [-0.3, -0.25) is 4.79 Å². The van der Waals surface area contributed by atoms with Crippen molar-refractivity contribution in [3.63, 3.8) is 0 Å². The molecule has 32 heavy (non-hydrogen) atoms. The number of benzene rings is 1. The van der Waals surface area contributed by atoms with Gasteiger partial charge in [0.15, 0.2) is 11.5 Å². The highest BCUT2D eigenvalue weighted by Crippen LogP contribution is 2.35. The number of nitrogens with one attached hydrogen (secondary N) is 1. The van der Waals surface area contributed by atoms with Crippen molar-refractivity contribution in [2.24, 2.45) is 0 Å². The van der Waals surface area contributed by atoms with Crippen LogP contribution in [0.2, 0.25) is 0 Å². The monoisotopic (exact) mass is 449 g/mol. The van der Waals surface area contributed by atoms with Gasteiger partial charge in [0, 0.05) is 11.6 Å². The molecule has 1 atom stereocenters. The zero-order valence-electron chi connectivity index (χ0n) is 18.0. The van der Waals surface area contributed by atoms with Gasteiger partial charge in [-0.1, -0.05) is 49.9 Å². The summed E-state index contributed by atoms with van der Waals surface area (Å²) in [5.74, 6) is -0.242. The van der Waals surface area contributed by atoms with E-state index in [9.17, 15) is 18.0 Å². The summed E-state index contributed by atoms with van der Waals surface area (Å²) < 4.78 is 49.7.